The number of aliphatic hydroxyl groups is 1. The number of aromatic nitrogens is 3. The van der Waals surface area contributed by atoms with Gasteiger partial charge in [-0.05, 0) is 18.8 Å². The zero-order chi connectivity index (χ0) is 13.3. The van der Waals surface area contributed by atoms with Crippen molar-refractivity contribution >= 4 is 11.8 Å². The summed E-state index contributed by atoms with van der Waals surface area (Å²) in [4.78, 5) is 25.9. The second kappa shape index (κ2) is 5.25. The van der Waals surface area contributed by atoms with Crippen molar-refractivity contribution in [1.82, 2.24) is 14.8 Å². The lowest BCUT2D eigenvalue weighted by Crippen LogP contribution is -2.39. The zero-order valence-corrected chi connectivity index (χ0v) is 10.8. The number of hydrogen-bond acceptors (Lipinski definition) is 6. The first kappa shape index (κ1) is 13.3. The Labute approximate surface area is 107 Å². The van der Waals surface area contributed by atoms with E-state index >= 15 is 0 Å². The minimum atomic E-state index is -0.827. The van der Waals surface area contributed by atoms with Crippen molar-refractivity contribution in [2.75, 3.05) is 6.61 Å². The molecule has 2 unspecified atom stereocenters. The second-order valence-electron chi connectivity index (χ2n) is 4.45. The Morgan fingerprint density at radius 3 is 2.83 bits per heavy atom. The van der Waals surface area contributed by atoms with Crippen molar-refractivity contribution in [2.24, 2.45) is 18.7 Å². The molecule has 0 aromatic carbocycles. The molecule has 0 saturated heterocycles. The molecule has 0 amide bonds. The summed E-state index contributed by atoms with van der Waals surface area (Å²) in [5.74, 6) is 0.439. The fourth-order valence-corrected chi connectivity index (χ4v) is 2.79. The molecular weight excluding hydrogens is 256 g/mol. The summed E-state index contributed by atoms with van der Waals surface area (Å²) < 4.78 is 1.37. The van der Waals surface area contributed by atoms with Crippen LogP contribution in [0.4, 0.5) is 0 Å². The van der Waals surface area contributed by atoms with Gasteiger partial charge in [-0.25, -0.2) is 0 Å². The Morgan fingerprint density at radius 2 is 2.28 bits per heavy atom. The van der Waals surface area contributed by atoms with Crippen molar-refractivity contribution in [3.63, 3.8) is 0 Å². The van der Waals surface area contributed by atoms with Crippen LogP contribution in [0, 0.1) is 5.92 Å². The lowest BCUT2D eigenvalue weighted by molar-refractivity contribution is 0.276. The number of aryl methyl sites for hydroxylation is 1. The molecule has 1 aliphatic rings. The largest absolute Gasteiger partial charge is 0.395 e. The smallest absolute Gasteiger partial charge is 0.339 e. The molecule has 1 saturated carbocycles. The Balaban J connectivity index is 2.18. The molecule has 1 aromatic heterocycles. The normalized spacial score (nSPS) is 18.6. The number of aliphatic hydroxyl groups excluding tert-OH is 1. The summed E-state index contributed by atoms with van der Waals surface area (Å²) in [6.45, 7) is -0.0860. The van der Waals surface area contributed by atoms with Gasteiger partial charge in [-0.2, -0.15) is 4.98 Å². The Morgan fingerprint density at radius 1 is 1.61 bits per heavy atom. The number of aromatic amines is 1. The Hall–Kier alpha value is -1.12. The van der Waals surface area contributed by atoms with Gasteiger partial charge in [0.05, 0.1) is 11.9 Å². The minimum Gasteiger partial charge on any atom is -0.395 e. The van der Waals surface area contributed by atoms with Crippen molar-refractivity contribution < 1.29 is 5.11 Å². The van der Waals surface area contributed by atoms with Gasteiger partial charge in [-0.1, -0.05) is 11.8 Å². The van der Waals surface area contributed by atoms with Crippen LogP contribution in [0.3, 0.4) is 0 Å². The number of rotatable bonds is 5. The summed E-state index contributed by atoms with van der Waals surface area (Å²) in [5, 5.41) is 11.9. The van der Waals surface area contributed by atoms with Gasteiger partial charge in [0.15, 0.2) is 5.16 Å². The van der Waals surface area contributed by atoms with Crippen LogP contribution in [-0.2, 0) is 7.05 Å². The highest BCUT2D eigenvalue weighted by atomic mass is 32.2. The number of thioether (sulfide) groups is 1. The third-order valence-electron chi connectivity index (χ3n) is 2.98. The topological polar surface area (TPSA) is 114 Å². The molecule has 18 heavy (non-hydrogen) atoms. The summed E-state index contributed by atoms with van der Waals surface area (Å²) in [6, 6.07) is -0.121. The quantitative estimate of drug-likeness (QED) is 0.451. The van der Waals surface area contributed by atoms with Gasteiger partial charge in [0, 0.05) is 13.1 Å². The molecule has 100 valence electrons. The summed E-state index contributed by atoms with van der Waals surface area (Å²) in [6.07, 6.45) is 2.16. The predicted molar refractivity (Wildman–Crippen MR) is 67.5 cm³/mol. The minimum absolute atomic E-state index is 0.0860. The number of nitrogens with zero attached hydrogens (tertiary/aromatic N) is 2. The summed E-state index contributed by atoms with van der Waals surface area (Å²) in [7, 11) is 1.59. The van der Waals surface area contributed by atoms with Crippen LogP contribution in [-0.4, -0.2) is 37.8 Å². The Kier molecular flexibility index (Phi) is 3.88. The zero-order valence-electron chi connectivity index (χ0n) is 10.00. The molecule has 2 atom stereocenters. The van der Waals surface area contributed by atoms with Crippen LogP contribution in [0.15, 0.2) is 14.7 Å². The maximum atomic E-state index is 11.2. The maximum Gasteiger partial charge on any atom is 0.339 e. The molecular formula is C10H16N4O3S. The van der Waals surface area contributed by atoms with Crippen molar-refractivity contribution in [3.05, 3.63) is 20.7 Å². The van der Waals surface area contributed by atoms with E-state index in [2.05, 4.69) is 10.1 Å². The first-order valence-corrected chi connectivity index (χ1v) is 6.61. The molecule has 7 nitrogen and oxygen atoms in total. The summed E-state index contributed by atoms with van der Waals surface area (Å²) in [5.41, 5.74) is 4.45. The monoisotopic (exact) mass is 272 g/mol. The average Bonchev–Trinajstić information content (AvgIpc) is 3.15. The molecule has 0 aliphatic heterocycles. The third-order valence-corrected chi connectivity index (χ3v) is 4.32. The highest BCUT2D eigenvalue weighted by Crippen LogP contribution is 2.36. The number of nitrogens with one attached hydrogen (secondary N) is 1. The second-order valence-corrected chi connectivity index (χ2v) is 5.66. The highest BCUT2D eigenvalue weighted by Gasteiger charge is 2.34. The first-order chi connectivity index (χ1) is 8.52. The molecule has 0 radical (unpaired) electrons. The Bertz CT molecular complexity index is 537. The van der Waals surface area contributed by atoms with Gasteiger partial charge < -0.3 is 10.8 Å². The predicted octanol–water partition coefficient (Wildman–Crippen LogP) is -1.34. The molecule has 2 rings (SSSR count). The van der Waals surface area contributed by atoms with Crippen LogP contribution >= 0.6 is 11.8 Å². The van der Waals surface area contributed by atoms with E-state index in [1.165, 1.54) is 16.4 Å². The average molecular weight is 272 g/mol. The fraction of sp³-hybridized carbons (Fsp3) is 0.700. The SMILES string of the molecule is Cn1[nH]c(=O)c(=O)nc1SC(CO)C(N)C1CC1. The van der Waals surface area contributed by atoms with E-state index in [1.54, 1.807) is 7.05 Å². The fourth-order valence-electron chi connectivity index (χ4n) is 1.72. The van der Waals surface area contributed by atoms with Crippen LogP contribution in [0.2, 0.25) is 0 Å². The first-order valence-electron chi connectivity index (χ1n) is 5.73. The van der Waals surface area contributed by atoms with Crippen molar-refractivity contribution in [3.8, 4) is 0 Å². The van der Waals surface area contributed by atoms with Crippen molar-refractivity contribution in [1.29, 1.82) is 0 Å². The lowest BCUT2D eigenvalue weighted by atomic mass is 10.1. The summed E-state index contributed by atoms with van der Waals surface area (Å²) >= 11 is 1.22. The number of nitrogens with two attached hydrogens (primary N) is 1. The van der Waals surface area contributed by atoms with E-state index in [1.807, 2.05) is 0 Å². The lowest BCUT2D eigenvalue weighted by Gasteiger charge is -2.21. The molecule has 0 bridgehead atoms. The van der Waals surface area contributed by atoms with Crippen LogP contribution in [0.25, 0.3) is 0 Å². The highest BCUT2D eigenvalue weighted by molar-refractivity contribution is 7.99. The molecule has 8 heteroatoms. The van der Waals surface area contributed by atoms with E-state index in [9.17, 15) is 14.7 Å². The van der Waals surface area contributed by atoms with Crippen LogP contribution < -0.4 is 16.9 Å². The van der Waals surface area contributed by atoms with Gasteiger partial charge in [0.25, 0.3) is 0 Å². The van der Waals surface area contributed by atoms with Gasteiger partial charge >= 0.3 is 11.1 Å². The van der Waals surface area contributed by atoms with E-state index in [0.717, 1.165) is 12.8 Å². The molecule has 1 aliphatic carbocycles. The van der Waals surface area contributed by atoms with E-state index in [4.69, 9.17) is 5.73 Å². The van der Waals surface area contributed by atoms with E-state index < -0.39 is 11.1 Å². The van der Waals surface area contributed by atoms with E-state index in [0.29, 0.717) is 11.1 Å². The van der Waals surface area contributed by atoms with E-state index in [-0.39, 0.29) is 17.9 Å². The van der Waals surface area contributed by atoms with Gasteiger partial charge in [0.1, 0.15) is 0 Å². The standard InChI is InChI=1S/C10H16N4O3S/c1-14-10(12-8(16)9(17)13-14)18-6(4-15)7(11)5-2-3-5/h5-7,15H,2-4,11H2,1H3,(H,13,17). The molecule has 4 N–H and O–H groups in total. The van der Waals surface area contributed by atoms with Gasteiger partial charge in [-0.3, -0.25) is 19.4 Å². The number of hydrogen-bond donors (Lipinski definition) is 3. The van der Waals surface area contributed by atoms with Crippen molar-refractivity contribution in [2.45, 2.75) is 29.3 Å². The van der Waals surface area contributed by atoms with Crippen LogP contribution in [0.5, 0.6) is 0 Å². The molecule has 1 heterocycles. The number of H-pyrrole nitrogens is 1. The van der Waals surface area contributed by atoms with Gasteiger partial charge in [-0.15, -0.1) is 0 Å². The molecule has 1 aromatic rings. The van der Waals surface area contributed by atoms with Crippen LogP contribution in [0.1, 0.15) is 12.8 Å². The third kappa shape index (κ3) is 2.82. The molecule has 1 fully saturated rings. The van der Waals surface area contributed by atoms with Gasteiger partial charge in [0.2, 0.25) is 0 Å². The molecule has 0 spiro atoms. The maximum absolute atomic E-state index is 11.2.